The maximum atomic E-state index is 11.0. The second-order valence-corrected chi connectivity index (χ2v) is 6.46. The molecule has 1 unspecified atom stereocenters. The van der Waals surface area contributed by atoms with Crippen LogP contribution in [-0.2, 0) is 9.53 Å². The fraction of sp³-hybridized carbons (Fsp3) is 0.846. The van der Waals surface area contributed by atoms with Crippen molar-refractivity contribution >= 4 is 17.7 Å². The number of ether oxygens (including phenoxy) is 1. The summed E-state index contributed by atoms with van der Waals surface area (Å²) in [5.74, 6) is 0.898. The fourth-order valence-electron chi connectivity index (χ4n) is 1.39. The van der Waals surface area contributed by atoms with E-state index >= 15 is 0 Å². The third-order valence-corrected chi connectivity index (χ3v) is 3.84. The SMILES string of the molecule is COC(=O)CC(C)SCCCCC(C)(C)C#N. The van der Waals surface area contributed by atoms with Crippen LogP contribution in [0.1, 0.15) is 46.5 Å². The Bertz CT molecular complexity index is 271. The lowest BCUT2D eigenvalue weighted by atomic mass is 9.89. The highest BCUT2D eigenvalue weighted by atomic mass is 32.2. The van der Waals surface area contributed by atoms with E-state index in [4.69, 9.17) is 5.26 Å². The van der Waals surface area contributed by atoms with Crippen molar-refractivity contribution in [3.63, 3.8) is 0 Å². The van der Waals surface area contributed by atoms with Crippen LogP contribution in [0.2, 0.25) is 0 Å². The van der Waals surface area contributed by atoms with Gasteiger partial charge in [0, 0.05) is 5.25 Å². The largest absolute Gasteiger partial charge is 0.469 e. The van der Waals surface area contributed by atoms with Crippen molar-refractivity contribution in [1.29, 1.82) is 5.26 Å². The molecule has 0 fully saturated rings. The summed E-state index contributed by atoms with van der Waals surface area (Å²) in [7, 11) is 1.42. The zero-order chi connectivity index (χ0) is 13.3. The molecule has 0 N–H and O–H groups in total. The number of nitrogens with zero attached hydrogens (tertiary/aromatic N) is 1. The Kier molecular flexibility index (Phi) is 8.07. The number of carbonyl (C=O) groups excluding carboxylic acids is 1. The number of thioether (sulfide) groups is 1. The van der Waals surface area contributed by atoms with Crippen LogP contribution < -0.4 is 0 Å². The predicted octanol–water partition coefficient (Wildman–Crippen LogP) is 3.39. The van der Waals surface area contributed by atoms with Gasteiger partial charge in [-0.25, -0.2) is 0 Å². The monoisotopic (exact) mass is 257 g/mol. The normalized spacial score (nSPS) is 12.9. The minimum atomic E-state index is -0.206. The van der Waals surface area contributed by atoms with Crippen LogP contribution in [0.5, 0.6) is 0 Å². The van der Waals surface area contributed by atoms with Crippen LogP contribution in [0, 0.1) is 16.7 Å². The Morgan fingerprint density at radius 2 is 2.12 bits per heavy atom. The number of methoxy groups -OCH3 is 1. The molecule has 0 radical (unpaired) electrons. The number of hydrogen-bond donors (Lipinski definition) is 0. The number of hydrogen-bond acceptors (Lipinski definition) is 4. The molecular formula is C13H23NO2S. The molecule has 0 aliphatic heterocycles. The Morgan fingerprint density at radius 1 is 1.47 bits per heavy atom. The highest BCUT2D eigenvalue weighted by Gasteiger charge is 2.15. The average Bonchev–Trinajstić information content (AvgIpc) is 2.28. The lowest BCUT2D eigenvalue weighted by Gasteiger charge is -2.14. The number of esters is 1. The molecule has 0 aromatic heterocycles. The summed E-state index contributed by atoms with van der Waals surface area (Å²) in [4.78, 5) is 11.0. The maximum Gasteiger partial charge on any atom is 0.306 e. The third-order valence-electron chi connectivity index (χ3n) is 2.58. The summed E-state index contributed by atoms with van der Waals surface area (Å²) < 4.78 is 4.62. The zero-order valence-corrected chi connectivity index (χ0v) is 12.1. The Balaban J connectivity index is 3.53. The molecule has 0 aromatic carbocycles. The van der Waals surface area contributed by atoms with Gasteiger partial charge in [0.1, 0.15) is 0 Å². The quantitative estimate of drug-likeness (QED) is 0.494. The molecule has 0 aliphatic rings. The van der Waals surface area contributed by atoms with Crippen LogP contribution >= 0.6 is 11.8 Å². The first-order chi connectivity index (χ1) is 7.91. The first-order valence-corrected chi connectivity index (χ1v) is 7.06. The molecule has 0 saturated heterocycles. The van der Waals surface area contributed by atoms with Crippen molar-refractivity contribution in [2.24, 2.45) is 5.41 Å². The zero-order valence-electron chi connectivity index (χ0n) is 11.3. The van der Waals surface area contributed by atoms with Gasteiger partial charge < -0.3 is 4.74 Å². The van der Waals surface area contributed by atoms with Gasteiger partial charge >= 0.3 is 5.97 Å². The first-order valence-electron chi connectivity index (χ1n) is 6.01. The molecule has 3 nitrogen and oxygen atoms in total. The van der Waals surface area contributed by atoms with Crippen molar-refractivity contribution in [2.75, 3.05) is 12.9 Å². The molecule has 4 heteroatoms. The third kappa shape index (κ3) is 9.05. The van der Waals surface area contributed by atoms with E-state index in [-0.39, 0.29) is 11.4 Å². The van der Waals surface area contributed by atoms with Gasteiger partial charge in [0.15, 0.2) is 0 Å². The van der Waals surface area contributed by atoms with E-state index in [2.05, 4.69) is 10.8 Å². The molecule has 1 atom stereocenters. The maximum absolute atomic E-state index is 11.0. The molecule has 0 rings (SSSR count). The van der Waals surface area contributed by atoms with Crippen LogP contribution in [0.3, 0.4) is 0 Å². The highest BCUT2D eigenvalue weighted by Crippen LogP contribution is 2.23. The number of rotatable bonds is 8. The Hall–Kier alpha value is -0.690. The molecule has 98 valence electrons. The second-order valence-electron chi connectivity index (χ2n) is 4.91. The van der Waals surface area contributed by atoms with Crippen molar-refractivity contribution < 1.29 is 9.53 Å². The van der Waals surface area contributed by atoms with E-state index in [9.17, 15) is 4.79 Å². The minimum Gasteiger partial charge on any atom is -0.469 e. The number of carbonyl (C=O) groups is 1. The number of unbranched alkanes of at least 4 members (excludes halogenated alkanes) is 1. The molecule has 0 spiro atoms. The summed E-state index contributed by atoms with van der Waals surface area (Å²) in [5.41, 5.74) is -0.206. The van der Waals surface area contributed by atoms with Crippen molar-refractivity contribution in [1.82, 2.24) is 0 Å². The van der Waals surface area contributed by atoms with Crippen molar-refractivity contribution in [3.8, 4) is 6.07 Å². The van der Waals surface area contributed by atoms with Gasteiger partial charge in [0.25, 0.3) is 0 Å². The Morgan fingerprint density at radius 3 is 2.65 bits per heavy atom. The summed E-state index contributed by atoms with van der Waals surface area (Å²) >= 11 is 1.79. The summed E-state index contributed by atoms with van der Waals surface area (Å²) in [5, 5.41) is 9.17. The van der Waals surface area contributed by atoms with Gasteiger partial charge in [-0.3, -0.25) is 4.79 Å². The van der Waals surface area contributed by atoms with Crippen LogP contribution in [0.4, 0.5) is 0 Å². The topological polar surface area (TPSA) is 50.1 Å². The van der Waals surface area contributed by atoms with Gasteiger partial charge in [-0.2, -0.15) is 17.0 Å². The average molecular weight is 257 g/mol. The van der Waals surface area contributed by atoms with E-state index in [0.717, 1.165) is 25.0 Å². The summed E-state index contributed by atoms with van der Waals surface area (Å²) in [6.45, 7) is 5.99. The van der Waals surface area contributed by atoms with E-state index in [1.165, 1.54) is 7.11 Å². The van der Waals surface area contributed by atoms with Gasteiger partial charge in [0.05, 0.1) is 25.0 Å². The van der Waals surface area contributed by atoms with Crippen molar-refractivity contribution in [3.05, 3.63) is 0 Å². The molecule has 0 saturated carbocycles. The molecule has 17 heavy (non-hydrogen) atoms. The first kappa shape index (κ1) is 16.3. The van der Waals surface area contributed by atoms with Gasteiger partial charge in [-0.05, 0) is 32.4 Å². The Labute approximate surface area is 109 Å². The molecule has 0 aliphatic carbocycles. The van der Waals surface area contributed by atoms with Gasteiger partial charge in [-0.1, -0.05) is 13.3 Å². The fourth-order valence-corrected chi connectivity index (χ4v) is 2.41. The van der Waals surface area contributed by atoms with Gasteiger partial charge in [-0.15, -0.1) is 0 Å². The van der Waals surface area contributed by atoms with Crippen LogP contribution in [-0.4, -0.2) is 24.1 Å². The smallest absolute Gasteiger partial charge is 0.306 e. The lowest BCUT2D eigenvalue weighted by molar-refractivity contribution is -0.140. The van der Waals surface area contributed by atoms with E-state index < -0.39 is 0 Å². The van der Waals surface area contributed by atoms with E-state index in [1.807, 2.05) is 20.8 Å². The predicted molar refractivity (Wildman–Crippen MR) is 71.8 cm³/mol. The second kappa shape index (κ2) is 8.41. The molecule has 0 heterocycles. The molecule has 0 aromatic rings. The minimum absolute atomic E-state index is 0.143. The summed E-state index contributed by atoms with van der Waals surface area (Å²) in [6.07, 6.45) is 3.58. The summed E-state index contributed by atoms with van der Waals surface area (Å²) in [6, 6.07) is 2.31. The standard InChI is InChI=1S/C13H23NO2S/c1-11(9-12(15)16-4)17-8-6-5-7-13(2,3)10-14/h11H,5-9H2,1-4H3. The highest BCUT2D eigenvalue weighted by molar-refractivity contribution is 7.99. The van der Waals surface area contributed by atoms with Crippen LogP contribution in [0.25, 0.3) is 0 Å². The molecule has 0 amide bonds. The molecule has 0 bridgehead atoms. The van der Waals surface area contributed by atoms with Crippen LogP contribution in [0.15, 0.2) is 0 Å². The molecular weight excluding hydrogens is 234 g/mol. The van der Waals surface area contributed by atoms with E-state index in [1.54, 1.807) is 11.8 Å². The van der Waals surface area contributed by atoms with Gasteiger partial charge in [0.2, 0.25) is 0 Å². The van der Waals surface area contributed by atoms with Crippen molar-refractivity contribution in [2.45, 2.75) is 51.7 Å². The van der Waals surface area contributed by atoms with E-state index in [0.29, 0.717) is 11.7 Å². The lowest BCUT2D eigenvalue weighted by Crippen LogP contribution is -2.10. The number of nitriles is 1.